The molecule has 0 aliphatic rings. The van der Waals surface area contributed by atoms with Gasteiger partial charge in [-0.25, -0.2) is 17.2 Å². The van der Waals surface area contributed by atoms with E-state index in [0.29, 0.717) is 5.69 Å². The lowest BCUT2D eigenvalue weighted by Gasteiger charge is -2.22. The molecule has 0 bridgehead atoms. The molecule has 0 radical (unpaired) electrons. The number of hydrogen-bond acceptors (Lipinski definition) is 3. The molecule has 0 atom stereocenters. The fraction of sp³-hybridized carbons (Fsp3) is 0.188. The van der Waals surface area contributed by atoms with Crippen LogP contribution in [0.2, 0.25) is 0 Å². The maximum Gasteiger partial charge on any atom is 0.232 e. The third-order valence-corrected chi connectivity index (χ3v) is 4.37. The van der Waals surface area contributed by atoms with Gasteiger partial charge >= 0.3 is 0 Å². The van der Waals surface area contributed by atoms with Crippen molar-refractivity contribution in [2.45, 2.75) is 6.42 Å². The first-order valence-electron chi connectivity index (χ1n) is 7.05. The van der Waals surface area contributed by atoms with Gasteiger partial charge < -0.3 is 5.32 Å². The van der Waals surface area contributed by atoms with E-state index in [1.165, 1.54) is 42.5 Å². The second-order valence-corrected chi connectivity index (χ2v) is 7.00. The molecule has 0 aliphatic heterocycles. The monoisotopic (exact) mass is 354 g/mol. The highest BCUT2D eigenvalue weighted by Crippen LogP contribution is 2.21. The lowest BCUT2D eigenvalue weighted by Crippen LogP contribution is -2.33. The number of para-hydroxylation sites is 1. The average Bonchev–Trinajstić information content (AvgIpc) is 2.50. The summed E-state index contributed by atoms with van der Waals surface area (Å²) >= 11 is 0. The molecule has 2 aromatic carbocycles. The molecule has 1 amide bonds. The summed E-state index contributed by atoms with van der Waals surface area (Å²) in [5.41, 5.74) is 0.271. The minimum atomic E-state index is -3.75. The molecular formula is C16H16F2N2O3S. The number of carbonyl (C=O) groups excluding carboxylic acids is 1. The lowest BCUT2D eigenvalue weighted by molar-refractivity contribution is -0.116. The Hall–Kier alpha value is -2.48. The van der Waals surface area contributed by atoms with E-state index in [1.807, 2.05) is 0 Å². The predicted octanol–water partition coefficient (Wildman–Crippen LogP) is 2.76. The number of nitrogens with zero attached hydrogens (tertiary/aromatic N) is 1. The summed E-state index contributed by atoms with van der Waals surface area (Å²) in [4.78, 5) is 11.9. The molecule has 2 aromatic rings. The Bertz CT molecular complexity index is 823. The molecule has 0 unspecified atom stereocenters. The number of amides is 1. The summed E-state index contributed by atoms with van der Waals surface area (Å²) in [7, 11) is -3.75. The number of rotatable bonds is 6. The second-order valence-electron chi connectivity index (χ2n) is 5.09. The number of anilines is 2. The van der Waals surface area contributed by atoms with Crippen molar-refractivity contribution in [2.75, 3.05) is 22.4 Å². The maximum absolute atomic E-state index is 13.8. The molecule has 2 rings (SSSR count). The van der Waals surface area contributed by atoms with Gasteiger partial charge in [-0.05, 0) is 36.4 Å². The van der Waals surface area contributed by atoms with Crippen LogP contribution in [0.5, 0.6) is 0 Å². The number of benzene rings is 2. The van der Waals surface area contributed by atoms with Gasteiger partial charge in [0, 0.05) is 18.7 Å². The summed E-state index contributed by atoms with van der Waals surface area (Å²) < 4.78 is 51.2. The highest BCUT2D eigenvalue weighted by Gasteiger charge is 2.21. The van der Waals surface area contributed by atoms with Crippen molar-refractivity contribution >= 4 is 27.3 Å². The van der Waals surface area contributed by atoms with Crippen LogP contribution >= 0.6 is 0 Å². The van der Waals surface area contributed by atoms with Crippen molar-refractivity contribution in [3.63, 3.8) is 0 Å². The summed E-state index contributed by atoms with van der Waals surface area (Å²) in [5, 5.41) is 2.52. The van der Waals surface area contributed by atoms with Crippen LogP contribution in [-0.4, -0.2) is 27.1 Å². The first-order chi connectivity index (χ1) is 11.3. The van der Waals surface area contributed by atoms with E-state index in [2.05, 4.69) is 5.32 Å². The largest absolute Gasteiger partial charge is 0.326 e. The molecule has 0 heterocycles. The molecule has 0 aliphatic carbocycles. The Labute approximate surface area is 139 Å². The van der Waals surface area contributed by atoms with Gasteiger partial charge in [0.1, 0.15) is 11.6 Å². The molecule has 8 heteroatoms. The molecular weight excluding hydrogens is 338 g/mol. The molecule has 1 N–H and O–H groups in total. The van der Waals surface area contributed by atoms with Crippen molar-refractivity contribution in [3.8, 4) is 0 Å². The van der Waals surface area contributed by atoms with E-state index in [9.17, 15) is 22.0 Å². The second kappa shape index (κ2) is 7.39. The zero-order valence-electron chi connectivity index (χ0n) is 12.9. The van der Waals surface area contributed by atoms with Crippen LogP contribution in [0.4, 0.5) is 20.2 Å². The quantitative estimate of drug-likeness (QED) is 0.867. The number of nitrogens with one attached hydrogen (secondary N) is 1. The van der Waals surface area contributed by atoms with E-state index in [1.54, 1.807) is 0 Å². The van der Waals surface area contributed by atoms with Gasteiger partial charge in [0.25, 0.3) is 0 Å². The van der Waals surface area contributed by atoms with Gasteiger partial charge in [-0.15, -0.1) is 0 Å². The Morgan fingerprint density at radius 2 is 1.71 bits per heavy atom. The first-order valence-corrected chi connectivity index (χ1v) is 8.90. The Morgan fingerprint density at radius 1 is 1.08 bits per heavy atom. The summed E-state index contributed by atoms with van der Waals surface area (Å²) in [5.74, 6) is -1.59. The minimum absolute atomic E-state index is 0.116. The van der Waals surface area contributed by atoms with E-state index >= 15 is 0 Å². The summed E-state index contributed by atoms with van der Waals surface area (Å²) in [6.07, 6.45) is 0.760. The van der Waals surface area contributed by atoms with Crippen molar-refractivity contribution in [1.82, 2.24) is 0 Å². The maximum atomic E-state index is 13.8. The fourth-order valence-corrected chi connectivity index (χ4v) is 3.01. The van der Waals surface area contributed by atoms with Gasteiger partial charge in [0.05, 0.1) is 11.9 Å². The molecule has 0 fully saturated rings. The van der Waals surface area contributed by atoms with Gasteiger partial charge in [0.2, 0.25) is 15.9 Å². The summed E-state index contributed by atoms with van der Waals surface area (Å²) in [6.45, 7) is -0.215. The highest BCUT2D eigenvalue weighted by atomic mass is 32.2. The average molecular weight is 354 g/mol. The Kier molecular flexibility index (Phi) is 5.50. The Balaban J connectivity index is 2.07. The minimum Gasteiger partial charge on any atom is -0.326 e. The van der Waals surface area contributed by atoms with E-state index in [4.69, 9.17) is 0 Å². The topological polar surface area (TPSA) is 66.5 Å². The van der Waals surface area contributed by atoms with E-state index in [-0.39, 0.29) is 18.7 Å². The van der Waals surface area contributed by atoms with Crippen molar-refractivity contribution < 1.29 is 22.0 Å². The van der Waals surface area contributed by atoms with E-state index < -0.39 is 27.6 Å². The molecule has 0 saturated carbocycles. The normalized spacial score (nSPS) is 11.1. The van der Waals surface area contributed by atoms with Crippen LogP contribution in [0.1, 0.15) is 6.42 Å². The number of sulfonamides is 1. The summed E-state index contributed by atoms with van der Waals surface area (Å²) in [6, 6.07) is 10.6. The molecule has 0 spiro atoms. The van der Waals surface area contributed by atoms with Gasteiger partial charge in [-0.3, -0.25) is 9.10 Å². The smallest absolute Gasteiger partial charge is 0.232 e. The van der Waals surface area contributed by atoms with Crippen LogP contribution in [0.15, 0.2) is 48.5 Å². The number of carbonyl (C=O) groups is 1. The lowest BCUT2D eigenvalue weighted by atomic mass is 10.2. The molecule has 24 heavy (non-hydrogen) atoms. The van der Waals surface area contributed by atoms with Crippen molar-refractivity contribution in [3.05, 3.63) is 60.2 Å². The van der Waals surface area contributed by atoms with Crippen LogP contribution in [0.3, 0.4) is 0 Å². The third kappa shape index (κ3) is 4.76. The molecule has 5 nitrogen and oxygen atoms in total. The van der Waals surface area contributed by atoms with Gasteiger partial charge in [-0.2, -0.15) is 0 Å². The zero-order valence-corrected chi connectivity index (χ0v) is 13.7. The SMILES string of the molecule is CS(=O)(=O)N(CCC(=O)Nc1ccc(F)cc1)c1ccccc1F. The van der Waals surface area contributed by atoms with Crippen molar-refractivity contribution in [2.24, 2.45) is 0 Å². The third-order valence-electron chi connectivity index (χ3n) is 3.19. The zero-order chi connectivity index (χ0) is 17.7. The van der Waals surface area contributed by atoms with E-state index in [0.717, 1.165) is 16.6 Å². The predicted molar refractivity (Wildman–Crippen MR) is 88.2 cm³/mol. The fourth-order valence-electron chi connectivity index (χ4n) is 2.08. The van der Waals surface area contributed by atoms with Gasteiger partial charge in [-0.1, -0.05) is 12.1 Å². The highest BCUT2D eigenvalue weighted by molar-refractivity contribution is 7.92. The number of halogens is 2. The molecule has 128 valence electrons. The Morgan fingerprint density at radius 3 is 2.29 bits per heavy atom. The number of hydrogen-bond donors (Lipinski definition) is 1. The van der Waals surface area contributed by atoms with Crippen LogP contribution in [-0.2, 0) is 14.8 Å². The molecule has 0 saturated heterocycles. The van der Waals surface area contributed by atoms with Crippen LogP contribution in [0, 0.1) is 11.6 Å². The van der Waals surface area contributed by atoms with Crippen molar-refractivity contribution in [1.29, 1.82) is 0 Å². The first kappa shape index (κ1) is 17.9. The standard InChI is InChI=1S/C16H16F2N2O3S/c1-24(22,23)20(15-5-3-2-4-14(15)18)11-10-16(21)19-13-8-6-12(17)7-9-13/h2-9H,10-11H2,1H3,(H,19,21). The van der Waals surface area contributed by atoms with Crippen LogP contribution < -0.4 is 9.62 Å². The van der Waals surface area contributed by atoms with Crippen LogP contribution in [0.25, 0.3) is 0 Å². The van der Waals surface area contributed by atoms with Gasteiger partial charge in [0.15, 0.2) is 0 Å². The molecule has 0 aromatic heterocycles.